The van der Waals surface area contributed by atoms with E-state index in [4.69, 9.17) is 5.73 Å². The Morgan fingerprint density at radius 3 is 2.80 bits per heavy atom. The van der Waals surface area contributed by atoms with Crippen LogP contribution >= 0.6 is 23.3 Å². The van der Waals surface area contributed by atoms with Crippen LogP contribution in [0.15, 0.2) is 0 Å². The molecular weight excluding hydrogens is 228 g/mol. The molecule has 1 aromatic heterocycles. The molecule has 1 saturated carbocycles. The zero-order chi connectivity index (χ0) is 10.7. The summed E-state index contributed by atoms with van der Waals surface area (Å²) in [5.41, 5.74) is 5.47. The minimum Gasteiger partial charge on any atom is -0.367 e. The van der Waals surface area contributed by atoms with Gasteiger partial charge in [-0.1, -0.05) is 12.8 Å². The Morgan fingerprint density at radius 2 is 2.27 bits per heavy atom. The number of nitrogen functional groups attached to an aromatic ring is 1. The highest BCUT2D eigenvalue weighted by atomic mass is 32.2. The molecular formula is C9H16N4S2. The Kier molecular flexibility index (Phi) is 3.35. The molecule has 0 bridgehead atoms. The molecule has 0 saturated heterocycles. The van der Waals surface area contributed by atoms with Gasteiger partial charge in [-0.05, 0) is 19.1 Å². The number of rotatable bonds is 4. The van der Waals surface area contributed by atoms with Crippen LogP contribution in [0.4, 0.5) is 11.1 Å². The van der Waals surface area contributed by atoms with E-state index in [-0.39, 0.29) is 0 Å². The highest BCUT2D eigenvalue weighted by molar-refractivity contribution is 8.00. The number of nitrogens with two attached hydrogens (primary N) is 1. The molecule has 1 heterocycles. The van der Waals surface area contributed by atoms with Crippen LogP contribution in [-0.4, -0.2) is 26.9 Å². The van der Waals surface area contributed by atoms with Crippen LogP contribution < -0.4 is 11.1 Å². The maximum absolute atomic E-state index is 5.47. The summed E-state index contributed by atoms with van der Waals surface area (Å²) in [4.78, 5) is 4.10. The Bertz CT molecular complexity index is 320. The summed E-state index contributed by atoms with van der Waals surface area (Å²) in [6.45, 7) is 0.975. The minimum absolute atomic E-state index is 0.368. The molecule has 1 aliphatic rings. The van der Waals surface area contributed by atoms with Gasteiger partial charge in [0.05, 0.1) is 0 Å². The topological polar surface area (TPSA) is 63.8 Å². The zero-order valence-corrected chi connectivity index (χ0v) is 10.5. The van der Waals surface area contributed by atoms with Crippen molar-refractivity contribution in [1.29, 1.82) is 0 Å². The first-order valence-electron chi connectivity index (χ1n) is 5.12. The third-order valence-corrected chi connectivity index (χ3v) is 5.06. The van der Waals surface area contributed by atoms with Crippen molar-refractivity contribution < 1.29 is 0 Å². The summed E-state index contributed by atoms with van der Waals surface area (Å²) in [6.07, 6.45) is 7.49. The molecule has 6 heteroatoms. The van der Waals surface area contributed by atoms with Crippen molar-refractivity contribution in [3.05, 3.63) is 0 Å². The van der Waals surface area contributed by atoms with Crippen LogP contribution in [0, 0.1) is 0 Å². The molecule has 0 radical (unpaired) electrons. The molecule has 0 unspecified atom stereocenters. The number of hydrogen-bond acceptors (Lipinski definition) is 6. The van der Waals surface area contributed by atoms with Crippen molar-refractivity contribution in [3.8, 4) is 0 Å². The van der Waals surface area contributed by atoms with Crippen molar-refractivity contribution in [3.63, 3.8) is 0 Å². The highest BCUT2D eigenvalue weighted by Gasteiger charge is 2.32. The molecule has 15 heavy (non-hydrogen) atoms. The summed E-state index contributed by atoms with van der Waals surface area (Å²) in [5.74, 6) is 0.368. The van der Waals surface area contributed by atoms with Crippen molar-refractivity contribution in [2.24, 2.45) is 0 Å². The first-order valence-corrected chi connectivity index (χ1v) is 7.12. The number of anilines is 2. The number of hydrogen-bond donors (Lipinski definition) is 2. The van der Waals surface area contributed by atoms with Crippen molar-refractivity contribution >= 4 is 34.4 Å². The summed E-state index contributed by atoms with van der Waals surface area (Å²) in [5, 5.41) is 4.18. The number of aromatic nitrogens is 2. The largest absolute Gasteiger partial charge is 0.367 e. The normalized spacial score (nSPS) is 19.3. The van der Waals surface area contributed by atoms with Gasteiger partial charge in [-0.15, -0.1) is 0 Å². The Balaban J connectivity index is 1.91. The van der Waals surface area contributed by atoms with Crippen LogP contribution in [-0.2, 0) is 0 Å². The molecule has 4 nitrogen and oxygen atoms in total. The van der Waals surface area contributed by atoms with Crippen LogP contribution in [0.2, 0.25) is 0 Å². The molecule has 1 aromatic rings. The minimum atomic E-state index is 0.368. The Morgan fingerprint density at radius 1 is 1.53 bits per heavy atom. The molecule has 0 spiro atoms. The van der Waals surface area contributed by atoms with E-state index in [2.05, 4.69) is 20.9 Å². The first-order chi connectivity index (χ1) is 7.24. The fourth-order valence-corrected chi connectivity index (χ4v) is 3.42. The molecule has 0 aliphatic heterocycles. The Hall–Kier alpha value is -0.490. The van der Waals surface area contributed by atoms with E-state index in [9.17, 15) is 0 Å². The lowest BCUT2D eigenvalue weighted by molar-refractivity contribution is 0.639. The van der Waals surface area contributed by atoms with E-state index in [1.54, 1.807) is 0 Å². The van der Waals surface area contributed by atoms with Crippen LogP contribution in [0.5, 0.6) is 0 Å². The summed E-state index contributed by atoms with van der Waals surface area (Å²) < 4.78 is 4.35. The first kappa shape index (κ1) is 11.0. The molecule has 1 fully saturated rings. The molecule has 3 N–H and O–H groups in total. The molecule has 84 valence electrons. The lowest BCUT2D eigenvalue weighted by Gasteiger charge is -2.26. The SMILES string of the molecule is CSC1(CNc2nc(N)ns2)CCCC1. The number of nitrogens with one attached hydrogen (secondary N) is 1. The maximum atomic E-state index is 5.47. The number of nitrogens with zero attached hydrogens (tertiary/aromatic N) is 2. The van der Waals surface area contributed by atoms with Gasteiger partial charge < -0.3 is 11.1 Å². The second-order valence-electron chi connectivity index (χ2n) is 3.91. The van der Waals surface area contributed by atoms with Gasteiger partial charge in [-0.25, -0.2) is 0 Å². The summed E-state index contributed by atoms with van der Waals surface area (Å²) in [7, 11) is 0. The van der Waals surface area contributed by atoms with Crippen molar-refractivity contribution in [1.82, 2.24) is 9.36 Å². The fourth-order valence-electron chi connectivity index (χ4n) is 2.02. The van der Waals surface area contributed by atoms with E-state index in [1.165, 1.54) is 37.2 Å². The maximum Gasteiger partial charge on any atom is 0.233 e. The molecule has 2 rings (SSSR count). The smallest absolute Gasteiger partial charge is 0.233 e. The fraction of sp³-hybridized carbons (Fsp3) is 0.778. The zero-order valence-electron chi connectivity index (χ0n) is 8.82. The lowest BCUT2D eigenvalue weighted by atomic mass is 10.1. The van der Waals surface area contributed by atoms with Gasteiger partial charge in [0.15, 0.2) is 0 Å². The molecule has 0 aromatic carbocycles. The monoisotopic (exact) mass is 244 g/mol. The molecule has 1 aliphatic carbocycles. The van der Waals surface area contributed by atoms with Crippen molar-refractivity contribution in [2.75, 3.05) is 23.9 Å². The molecule has 0 atom stereocenters. The third kappa shape index (κ3) is 2.55. The lowest BCUT2D eigenvalue weighted by Crippen LogP contribution is -2.29. The second-order valence-corrected chi connectivity index (χ2v) is 5.93. The van der Waals surface area contributed by atoms with E-state index < -0.39 is 0 Å². The van der Waals surface area contributed by atoms with E-state index in [0.717, 1.165) is 11.7 Å². The van der Waals surface area contributed by atoms with Crippen molar-refractivity contribution in [2.45, 2.75) is 30.4 Å². The predicted molar refractivity (Wildman–Crippen MR) is 67.5 cm³/mol. The van der Waals surface area contributed by atoms with Gasteiger partial charge in [0, 0.05) is 22.8 Å². The summed E-state index contributed by atoms with van der Waals surface area (Å²) in [6, 6.07) is 0. The predicted octanol–water partition coefficient (Wildman–Crippen LogP) is 2.21. The van der Waals surface area contributed by atoms with E-state index >= 15 is 0 Å². The van der Waals surface area contributed by atoms with Gasteiger partial charge in [-0.2, -0.15) is 21.1 Å². The van der Waals surface area contributed by atoms with E-state index in [0.29, 0.717) is 10.7 Å². The van der Waals surface area contributed by atoms with Crippen LogP contribution in [0.25, 0.3) is 0 Å². The van der Waals surface area contributed by atoms with Gasteiger partial charge >= 0.3 is 0 Å². The van der Waals surface area contributed by atoms with E-state index in [1.807, 2.05) is 11.8 Å². The van der Waals surface area contributed by atoms with Gasteiger partial charge in [0.25, 0.3) is 0 Å². The third-order valence-electron chi connectivity index (χ3n) is 2.95. The average molecular weight is 244 g/mol. The van der Waals surface area contributed by atoms with Gasteiger partial charge in [0.1, 0.15) is 0 Å². The summed E-state index contributed by atoms with van der Waals surface area (Å²) >= 11 is 3.30. The van der Waals surface area contributed by atoms with Gasteiger partial charge in [0.2, 0.25) is 11.1 Å². The van der Waals surface area contributed by atoms with Crippen LogP contribution in [0.3, 0.4) is 0 Å². The molecule has 0 amide bonds. The standard InChI is InChI=1S/C9H16N4S2/c1-14-9(4-2-3-5-9)6-11-8-12-7(10)13-15-8/h2-6H2,1H3,(H3,10,11,12,13). The second kappa shape index (κ2) is 4.57. The Labute approximate surface area is 98.2 Å². The quantitative estimate of drug-likeness (QED) is 0.850. The number of thioether (sulfide) groups is 1. The highest BCUT2D eigenvalue weighted by Crippen LogP contribution is 2.40. The average Bonchev–Trinajstić information content (AvgIpc) is 2.85. The van der Waals surface area contributed by atoms with Gasteiger partial charge in [-0.3, -0.25) is 0 Å². The van der Waals surface area contributed by atoms with Crippen LogP contribution in [0.1, 0.15) is 25.7 Å².